The second kappa shape index (κ2) is 6.20. The van der Waals surface area contributed by atoms with Crippen LogP contribution in [0.2, 0.25) is 0 Å². The van der Waals surface area contributed by atoms with Crippen LogP contribution >= 0.6 is 11.5 Å². The Morgan fingerprint density at radius 2 is 2.00 bits per heavy atom. The predicted octanol–water partition coefficient (Wildman–Crippen LogP) is 3.04. The molecule has 0 saturated carbocycles. The highest BCUT2D eigenvalue weighted by molar-refractivity contribution is 7.03. The number of hydrogen-bond donors (Lipinski definition) is 1. The minimum atomic E-state index is -0.521. The normalized spacial score (nSPS) is 13.5. The van der Waals surface area contributed by atoms with Crippen LogP contribution in [0.1, 0.15) is 42.4 Å². The number of benzene rings is 1. The first-order valence-corrected chi connectivity index (χ1v) is 8.33. The number of ether oxygens (including phenoxy) is 1. The maximum Gasteiger partial charge on any atom is 0.410 e. The van der Waals surface area contributed by atoms with E-state index in [1.807, 2.05) is 39.0 Å². The predicted molar refractivity (Wildman–Crippen MR) is 89.8 cm³/mol. The molecule has 126 valence electrons. The fourth-order valence-electron chi connectivity index (χ4n) is 2.39. The fraction of sp³-hybridized carbons (Fsp3) is 0.375. The molecule has 7 nitrogen and oxygen atoms in total. The molecule has 1 aromatic carbocycles. The van der Waals surface area contributed by atoms with Crippen LogP contribution in [-0.4, -0.2) is 32.1 Å². The van der Waals surface area contributed by atoms with Gasteiger partial charge in [-0.1, -0.05) is 10.6 Å². The van der Waals surface area contributed by atoms with E-state index in [4.69, 9.17) is 4.74 Å². The molecule has 1 aliphatic heterocycles. The van der Waals surface area contributed by atoms with Crippen LogP contribution in [0.25, 0.3) is 0 Å². The summed E-state index contributed by atoms with van der Waals surface area (Å²) in [7, 11) is 0. The van der Waals surface area contributed by atoms with E-state index in [1.54, 1.807) is 10.3 Å². The van der Waals surface area contributed by atoms with Gasteiger partial charge in [-0.2, -0.15) is 0 Å². The van der Waals surface area contributed by atoms with Crippen molar-refractivity contribution in [3.05, 3.63) is 40.4 Å². The van der Waals surface area contributed by atoms with Gasteiger partial charge in [0.05, 0.1) is 0 Å². The van der Waals surface area contributed by atoms with Crippen LogP contribution in [0.4, 0.5) is 10.5 Å². The molecule has 1 N–H and O–H groups in total. The van der Waals surface area contributed by atoms with Gasteiger partial charge >= 0.3 is 6.09 Å². The van der Waals surface area contributed by atoms with E-state index < -0.39 is 5.60 Å². The topological polar surface area (TPSA) is 84.4 Å². The Hall–Kier alpha value is -2.48. The maximum absolute atomic E-state index is 12.2. The van der Waals surface area contributed by atoms with Crippen molar-refractivity contribution in [3.63, 3.8) is 0 Å². The first-order valence-electron chi connectivity index (χ1n) is 7.50. The molecule has 0 saturated heterocycles. The summed E-state index contributed by atoms with van der Waals surface area (Å²) < 4.78 is 9.07. The van der Waals surface area contributed by atoms with Crippen molar-refractivity contribution >= 4 is 29.2 Å². The highest BCUT2D eigenvalue weighted by atomic mass is 32.1. The summed E-state index contributed by atoms with van der Waals surface area (Å²) in [6.45, 7) is 6.50. The van der Waals surface area contributed by atoms with Crippen molar-refractivity contribution < 1.29 is 14.3 Å². The molecule has 1 aromatic heterocycles. The Labute approximate surface area is 143 Å². The lowest BCUT2D eigenvalue weighted by Crippen LogP contribution is -2.33. The fourth-order valence-corrected chi connectivity index (χ4v) is 2.82. The van der Waals surface area contributed by atoms with Gasteiger partial charge in [0.15, 0.2) is 5.69 Å². The summed E-state index contributed by atoms with van der Waals surface area (Å²) in [5, 5.41) is 8.12. The zero-order valence-corrected chi connectivity index (χ0v) is 14.5. The monoisotopic (exact) mass is 346 g/mol. The summed E-state index contributed by atoms with van der Waals surface area (Å²) in [6.07, 6.45) is -0.335. The van der Waals surface area contributed by atoms with Crippen molar-refractivity contribution in [1.29, 1.82) is 0 Å². The molecular weight excluding hydrogens is 328 g/mol. The number of carbonyl (C=O) groups excluding carboxylic acids is 2. The van der Waals surface area contributed by atoms with Gasteiger partial charge in [0.2, 0.25) is 0 Å². The zero-order valence-electron chi connectivity index (χ0n) is 13.7. The van der Waals surface area contributed by atoms with E-state index in [0.29, 0.717) is 18.8 Å². The smallest absolute Gasteiger partial charge is 0.410 e. The van der Waals surface area contributed by atoms with E-state index in [9.17, 15) is 9.59 Å². The van der Waals surface area contributed by atoms with Gasteiger partial charge in [-0.3, -0.25) is 9.69 Å². The molecule has 3 rings (SSSR count). The quantitative estimate of drug-likeness (QED) is 0.903. The van der Waals surface area contributed by atoms with Crippen LogP contribution in [0.5, 0.6) is 0 Å². The largest absolute Gasteiger partial charge is 0.444 e. The first kappa shape index (κ1) is 16.4. The number of nitrogens with zero attached hydrogens (tertiary/aromatic N) is 3. The third-order valence-electron chi connectivity index (χ3n) is 3.43. The van der Waals surface area contributed by atoms with E-state index in [1.165, 1.54) is 0 Å². The average molecular weight is 346 g/mol. The van der Waals surface area contributed by atoms with E-state index in [-0.39, 0.29) is 17.7 Å². The number of hydrogen-bond acceptors (Lipinski definition) is 6. The SMILES string of the molecule is CC(C)(C)OC(=O)N1Cc2ccc(NC(=O)c3csnn3)cc2C1. The van der Waals surface area contributed by atoms with Crippen molar-refractivity contribution in [1.82, 2.24) is 14.5 Å². The summed E-state index contributed by atoms with van der Waals surface area (Å²) in [4.78, 5) is 25.8. The van der Waals surface area contributed by atoms with Crippen LogP contribution in [-0.2, 0) is 17.8 Å². The lowest BCUT2D eigenvalue weighted by atomic mass is 10.1. The minimum Gasteiger partial charge on any atom is -0.444 e. The van der Waals surface area contributed by atoms with Crippen molar-refractivity contribution in [2.75, 3.05) is 5.32 Å². The van der Waals surface area contributed by atoms with Gasteiger partial charge in [0, 0.05) is 24.2 Å². The lowest BCUT2D eigenvalue weighted by Gasteiger charge is -2.24. The number of carbonyl (C=O) groups is 2. The van der Waals surface area contributed by atoms with Gasteiger partial charge < -0.3 is 10.1 Å². The van der Waals surface area contributed by atoms with Gasteiger partial charge in [-0.25, -0.2) is 4.79 Å². The molecular formula is C16H18N4O3S. The van der Waals surface area contributed by atoms with E-state index >= 15 is 0 Å². The minimum absolute atomic E-state index is 0.288. The molecule has 0 radical (unpaired) electrons. The Morgan fingerprint density at radius 1 is 1.25 bits per heavy atom. The van der Waals surface area contributed by atoms with Gasteiger partial charge in [0.1, 0.15) is 5.60 Å². The van der Waals surface area contributed by atoms with Crippen LogP contribution in [0, 0.1) is 0 Å². The van der Waals surface area contributed by atoms with Gasteiger partial charge in [-0.15, -0.1) is 5.10 Å². The average Bonchev–Trinajstić information content (AvgIpc) is 3.14. The van der Waals surface area contributed by atoms with Crippen LogP contribution in [0.3, 0.4) is 0 Å². The zero-order chi connectivity index (χ0) is 17.3. The molecule has 0 unspecified atom stereocenters. The molecule has 24 heavy (non-hydrogen) atoms. The molecule has 1 aliphatic rings. The molecule has 0 atom stereocenters. The van der Waals surface area contributed by atoms with E-state index in [0.717, 1.165) is 22.7 Å². The number of aromatic nitrogens is 2. The van der Waals surface area contributed by atoms with Crippen molar-refractivity contribution in [2.45, 2.75) is 39.5 Å². The molecule has 2 amide bonds. The Bertz CT molecular complexity index is 768. The van der Waals surface area contributed by atoms with Gasteiger partial charge in [0.25, 0.3) is 5.91 Å². The van der Waals surface area contributed by atoms with Gasteiger partial charge in [-0.05, 0) is 55.6 Å². The summed E-state index contributed by atoms with van der Waals surface area (Å²) >= 11 is 1.13. The second-order valence-electron chi connectivity index (χ2n) is 6.56. The second-order valence-corrected chi connectivity index (χ2v) is 7.17. The first-order chi connectivity index (χ1) is 11.3. The Balaban J connectivity index is 1.68. The Kier molecular flexibility index (Phi) is 4.23. The molecule has 0 fully saturated rings. The standard InChI is InChI=1S/C16H18N4O3S/c1-16(2,3)23-15(22)20-7-10-4-5-12(6-11(10)8-20)17-14(21)13-9-24-19-18-13/h4-6,9H,7-8H2,1-3H3,(H,17,21). The number of rotatable bonds is 2. The third-order valence-corrected chi connectivity index (χ3v) is 3.94. The van der Waals surface area contributed by atoms with E-state index in [2.05, 4.69) is 14.9 Å². The van der Waals surface area contributed by atoms with Crippen molar-refractivity contribution in [3.8, 4) is 0 Å². The molecule has 8 heteroatoms. The molecule has 0 spiro atoms. The molecule has 0 aliphatic carbocycles. The summed E-state index contributed by atoms with van der Waals surface area (Å²) in [6, 6.07) is 5.60. The number of amides is 2. The molecule has 0 bridgehead atoms. The number of anilines is 1. The highest BCUT2D eigenvalue weighted by Crippen LogP contribution is 2.27. The van der Waals surface area contributed by atoms with Crippen LogP contribution in [0.15, 0.2) is 23.6 Å². The highest BCUT2D eigenvalue weighted by Gasteiger charge is 2.28. The molecule has 2 aromatic rings. The van der Waals surface area contributed by atoms with Crippen LogP contribution < -0.4 is 5.32 Å². The molecule has 2 heterocycles. The third kappa shape index (κ3) is 3.70. The number of fused-ring (bicyclic) bond motifs is 1. The maximum atomic E-state index is 12.2. The lowest BCUT2D eigenvalue weighted by molar-refractivity contribution is 0.0241. The summed E-state index contributed by atoms with van der Waals surface area (Å²) in [5.41, 5.74) is 2.48. The Morgan fingerprint density at radius 3 is 2.67 bits per heavy atom. The summed E-state index contributed by atoms with van der Waals surface area (Å²) in [5.74, 6) is -0.300. The number of nitrogens with one attached hydrogen (secondary N) is 1. The van der Waals surface area contributed by atoms with Crippen molar-refractivity contribution in [2.24, 2.45) is 0 Å².